The minimum Gasteiger partial charge on any atom is -0.507 e. The number of amides is 1. The number of carbonyl (C=O) groups excluding carboxylic acids is 5. The number of likely N-dealkylation sites (N-methyl/N-ethyl adjacent to an activating group) is 1. The van der Waals surface area contributed by atoms with Crippen LogP contribution in [0.1, 0.15) is 85.1 Å². The first-order valence-corrected chi connectivity index (χ1v) is 17.0. The molecule has 3 heterocycles. The molecule has 14 heteroatoms. The Morgan fingerprint density at radius 3 is 2.19 bits per heavy atom. The third kappa shape index (κ3) is 7.14. The van der Waals surface area contributed by atoms with Crippen LogP contribution in [0.15, 0.2) is 47.5 Å². The van der Waals surface area contributed by atoms with E-state index in [0.717, 1.165) is 6.26 Å². The van der Waals surface area contributed by atoms with E-state index >= 15 is 0 Å². The van der Waals surface area contributed by atoms with Gasteiger partial charge in [-0.2, -0.15) is 0 Å². The Bertz CT molecular complexity index is 1790. The van der Waals surface area contributed by atoms with Crippen LogP contribution in [0.2, 0.25) is 0 Å². The van der Waals surface area contributed by atoms with Crippen molar-refractivity contribution < 1.29 is 58.2 Å². The number of fused-ring (bicyclic) bond motifs is 14. The fourth-order valence-corrected chi connectivity index (χ4v) is 6.93. The van der Waals surface area contributed by atoms with Gasteiger partial charge < -0.3 is 44.9 Å². The Morgan fingerprint density at radius 1 is 0.942 bits per heavy atom. The summed E-state index contributed by atoms with van der Waals surface area (Å²) in [6.07, 6.45) is 3.38. The number of aliphatic hydroxyl groups excluding tert-OH is 2. The van der Waals surface area contributed by atoms with Crippen molar-refractivity contribution >= 4 is 29.2 Å². The van der Waals surface area contributed by atoms with Gasteiger partial charge in [-0.3, -0.25) is 24.0 Å². The minimum atomic E-state index is -2.06. The maximum absolute atomic E-state index is 14.1. The number of Topliss-reactive ketones (excluding diaryl/α,β-unsaturated/α-hetero) is 3. The summed E-state index contributed by atoms with van der Waals surface area (Å²) in [5.74, 6) is -9.19. The maximum atomic E-state index is 14.1. The SMILES string of the molecule is CNC1=C2NC(=O)C(C)=CC=C[C@H](C)[C@H](O)[C@H](C)[C@H](O)[C@H](C)[C@H](OC(C)=O)[C@H](C)[C@H](OC)C=CO[C@@]3(C)Oc4c(C)c(O)c(c(c4C3=O)C1=O)C2=O. The number of rotatable bonds is 3. The Balaban J connectivity index is 1.88. The molecule has 0 spiro atoms. The average Bonchev–Trinajstić information content (AvgIpc) is 3.36. The standard InChI is InChI=1S/C38H48N2O12/c1-16-12-11-13-17(2)37(48)40-28-27(39-9)32(45)24-25(33(28)46)31(44)21(6)35-26(24)36(47)38(8,52-35)50-15-14-23(49-10)18(3)34(51-22(7)41)20(5)30(43)19(4)29(16)42/h11-16,18-20,23,29-30,34,39,42-44H,1-10H3,(H,40,48)/t16-,18+,19-,20-,23+,29-,30-,34+,38-/m0/s1. The van der Waals surface area contributed by atoms with Gasteiger partial charge in [-0.1, -0.05) is 45.9 Å². The van der Waals surface area contributed by atoms with E-state index in [4.69, 9.17) is 18.9 Å². The molecule has 14 nitrogen and oxygen atoms in total. The monoisotopic (exact) mass is 724 g/mol. The Hall–Kier alpha value is -4.79. The number of phenols is 1. The van der Waals surface area contributed by atoms with Gasteiger partial charge in [0.1, 0.15) is 29.0 Å². The van der Waals surface area contributed by atoms with E-state index in [1.54, 1.807) is 39.8 Å². The zero-order valence-corrected chi connectivity index (χ0v) is 31.0. The summed E-state index contributed by atoms with van der Waals surface area (Å²) in [7, 11) is 2.79. The van der Waals surface area contributed by atoms with E-state index in [1.165, 1.54) is 54.0 Å². The van der Waals surface area contributed by atoms with Crippen molar-refractivity contribution in [2.75, 3.05) is 14.2 Å². The first-order valence-electron chi connectivity index (χ1n) is 17.0. The summed E-state index contributed by atoms with van der Waals surface area (Å²) in [6, 6.07) is 0. The number of phenolic OH excluding ortho intramolecular Hbond substituents is 1. The minimum absolute atomic E-state index is 0.00410. The Kier molecular flexibility index (Phi) is 11.9. The molecular weight excluding hydrogens is 676 g/mol. The molecule has 0 radical (unpaired) electrons. The highest BCUT2D eigenvalue weighted by Gasteiger charge is 2.52. The smallest absolute Gasteiger partial charge is 0.312 e. The summed E-state index contributed by atoms with van der Waals surface area (Å²) in [5.41, 5.74) is -1.75. The average molecular weight is 725 g/mol. The summed E-state index contributed by atoms with van der Waals surface area (Å²) in [6.45, 7) is 12.3. The number of nitrogens with one attached hydrogen (secondary N) is 2. The third-order valence-corrected chi connectivity index (χ3v) is 10.2. The normalized spacial score (nSPS) is 31.5. The number of benzene rings is 1. The quantitative estimate of drug-likeness (QED) is 0.285. The van der Waals surface area contributed by atoms with E-state index in [-0.39, 0.29) is 28.1 Å². The molecule has 9 atom stereocenters. The van der Waals surface area contributed by atoms with Gasteiger partial charge in [0.05, 0.1) is 41.3 Å². The molecule has 0 saturated carbocycles. The van der Waals surface area contributed by atoms with Crippen LogP contribution in [0, 0.1) is 30.6 Å². The Morgan fingerprint density at radius 2 is 1.60 bits per heavy atom. The van der Waals surface area contributed by atoms with Gasteiger partial charge in [0, 0.05) is 62.8 Å². The molecule has 5 bridgehead atoms. The number of allylic oxidation sites excluding steroid dienone is 4. The highest BCUT2D eigenvalue weighted by atomic mass is 16.7. The van der Waals surface area contributed by atoms with Gasteiger partial charge >= 0.3 is 11.8 Å². The lowest BCUT2D eigenvalue weighted by atomic mass is 9.78. The highest BCUT2D eigenvalue weighted by molar-refractivity contribution is 6.32. The van der Waals surface area contributed by atoms with Gasteiger partial charge in [-0.25, -0.2) is 0 Å². The van der Waals surface area contributed by atoms with E-state index in [0.29, 0.717) is 0 Å². The van der Waals surface area contributed by atoms with Gasteiger partial charge in [0.15, 0.2) is 0 Å². The molecule has 4 aliphatic rings. The van der Waals surface area contributed by atoms with Crippen molar-refractivity contribution in [2.24, 2.45) is 23.7 Å². The van der Waals surface area contributed by atoms with Crippen LogP contribution in [0.4, 0.5) is 0 Å². The molecule has 1 aromatic rings. The van der Waals surface area contributed by atoms with E-state index in [1.807, 2.05) is 0 Å². The first kappa shape index (κ1) is 40.0. The number of aromatic hydroxyl groups is 1. The summed E-state index contributed by atoms with van der Waals surface area (Å²) >= 11 is 0. The first-order chi connectivity index (χ1) is 24.3. The molecule has 0 unspecified atom stereocenters. The molecule has 1 aliphatic carbocycles. The largest absolute Gasteiger partial charge is 0.507 e. The van der Waals surface area contributed by atoms with Crippen LogP contribution < -0.4 is 15.4 Å². The molecule has 3 aliphatic heterocycles. The zero-order chi connectivity index (χ0) is 39.0. The topological polar surface area (TPSA) is 207 Å². The summed E-state index contributed by atoms with van der Waals surface area (Å²) < 4.78 is 23.2. The lowest BCUT2D eigenvalue weighted by Gasteiger charge is -2.38. The maximum Gasteiger partial charge on any atom is 0.312 e. The van der Waals surface area contributed by atoms with Crippen LogP contribution in [0.3, 0.4) is 0 Å². The highest BCUT2D eigenvalue weighted by Crippen LogP contribution is 2.48. The molecule has 0 saturated heterocycles. The molecule has 52 heavy (non-hydrogen) atoms. The van der Waals surface area contributed by atoms with Crippen LogP contribution in [-0.4, -0.2) is 88.9 Å². The van der Waals surface area contributed by atoms with Crippen molar-refractivity contribution in [3.63, 3.8) is 0 Å². The molecule has 282 valence electrons. The van der Waals surface area contributed by atoms with Crippen molar-refractivity contribution in [3.8, 4) is 11.5 Å². The number of esters is 1. The third-order valence-electron chi connectivity index (χ3n) is 10.2. The number of ketones is 3. The van der Waals surface area contributed by atoms with Crippen LogP contribution in [-0.2, 0) is 23.8 Å². The number of hydrogen-bond acceptors (Lipinski definition) is 13. The molecule has 5 rings (SSSR count). The second kappa shape index (κ2) is 15.4. The predicted octanol–water partition coefficient (Wildman–Crippen LogP) is 3.18. The van der Waals surface area contributed by atoms with Crippen molar-refractivity contribution in [3.05, 3.63) is 69.8 Å². The van der Waals surface area contributed by atoms with Crippen molar-refractivity contribution in [1.29, 1.82) is 0 Å². The number of ether oxygens (including phenoxy) is 4. The van der Waals surface area contributed by atoms with E-state index in [9.17, 15) is 39.3 Å². The van der Waals surface area contributed by atoms with Gasteiger partial charge in [0.2, 0.25) is 11.6 Å². The van der Waals surface area contributed by atoms with E-state index in [2.05, 4.69) is 10.6 Å². The van der Waals surface area contributed by atoms with Crippen molar-refractivity contribution in [1.82, 2.24) is 10.6 Å². The number of methoxy groups -OCH3 is 1. The lowest BCUT2D eigenvalue weighted by molar-refractivity contribution is -0.160. The number of carbonyl (C=O) groups is 5. The van der Waals surface area contributed by atoms with Crippen LogP contribution in [0.5, 0.6) is 11.5 Å². The van der Waals surface area contributed by atoms with Crippen LogP contribution >= 0.6 is 0 Å². The fourth-order valence-electron chi connectivity index (χ4n) is 6.93. The fraction of sp³-hybridized carbons (Fsp3) is 0.500. The molecular formula is C38H48N2O12. The molecule has 0 fully saturated rings. The van der Waals surface area contributed by atoms with Gasteiger partial charge in [-0.05, 0) is 19.9 Å². The molecule has 5 N–H and O–H groups in total. The van der Waals surface area contributed by atoms with Gasteiger partial charge in [-0.15, -0.1) is 0 Å². The van der Waals surface area contributed by atoms with Crippen molar-refractivity contribution in [2.45, 2.75) is 85.6 Å². The second-order valence-electron chi connectivity index (χ2n) is 13.8. The number of aliphatic hydroxyl groups is 2. The summed E-state index contributed by atoms with van der Waals surface area (Å²) in [4.78, 5) is 67.5. The Labute approximate surface area is 302 Å². The van der Waals surface area contributed by atoms with Gasteiger partial charge in [0.25, 0.3) is 11.7 Å². The zero-order valence-electron chi connectivity index (χ0n) is 31.0. The predicted molar refractivity (Wildman–Crippen MR) is 187 cm³/mol. The second-order valence-corrected chi connectivity index (χ2v) is 13.8. The molecule has 1 amide bonds. The van der Waals surface area contributed by atoms with Crippen LogP contribution in [0.25, 0.3) is 0 Å². The summed E-state index contributed by atoms with van der Waals surface area (Å²) in [5, 5.41) is 39.0. The number of hydrogen-bond donors (Lipinski definition) is 5. The molecule has 0 aromatic heterocycles. The van der Waals surface area contributed by atoms with E-state index < -0.39 is 106 Å². The molecule has 1 aromatic carbocycles. The lowest BCUT2D eigenvalue weighted by Crippen LogP contribution is -2.46.